The van der Waals surface area contributed by atoms with Gasteiger partial charge >= 0.3 is 5.97 Å². The largest absolute Gasteiger partial charge is 0.457 e. The zero-order valence-electron chi connectivity index (χ0n) is 36.9. The third kappa shape index (κ3) is 13.0. The number of anilines is 1. The topological polar surface area (TPSA) is 167 Å². The summed E-state index contributed by atoms with van der Waals surface area (Å²) in [6, 6.07) is 39.0. The second-order valence-corrected chi connectivity index (χ2v) is 20.0. The van der Waals surface area contributed by atoms with Crippen LogP contribution in [-0.2, 0) is 9.53 Å². The third-order valence-corrected chi connectivity index (χ3v) is 15.1. The van der Waals surface area contributed by atoms with E-state index in [2.05, 4.69) is 38.4 Å². The predicted molar refractivity (Wildman–Crippen MR) is 296 cm³/mol. The number of rotatable bonds is 9. The number of carbonyl (C=O) groups is 5. The van der Waals surface area contributed by atoms with Crippen LogP contribution in [0.1, 0.15) is 62.7 Å². The fourth-order valence-corrected chi connectivity index (χ4v) is 11.4. The van der Waals surface area contributed by atoms with Gasteiger partial charge in [-0.15, -0.1) is 56.7 Å². The molecule has 0 radical (unpaired) electrons. The maximum atomic E-state index is 11.8. The van der Waals surface area contributed by atoms with Gasteiger partial charge in [-0.2, -0.15) is 4.98 Å². The lowest BCUT2D eigenvalue weighted by Gasteiger charge is -2.02. The van der Waals surface area contributed by atoms with Crippen LogP contribution in [0.3, 0.4) is 0 Å². The van der Waals surface area contributed by atoms with Crippen molar-refractivity contribution in [3.05, 3.63) is 177 Å². The highest BCUT2D eigenvalue weighted by molar-refractivity contribution is 9.09. The van der Waals surface area contributed by atoms with E-state index in [1.165, 1.54) is 26.4 Å². The number of aromatic nitrogens is 1. The fourth-order valence-electron chi connectivity index (χ4n) is 7.04. The molecular formula is C54H45BrN2O8S5. The number of Topliss-reactive ketones (excluding diaryl/α,β-unsaturated/α-hetero) is 4. The van der Waals surface area contributed by atoms with Gasteiger partial charge in [0.05, 0.1) is 5.33 Å². The van der Waals surface area contributed by atoms with E-state index in [4.69, 9.17) is 20.0 Å². The minimum Gasteiger partial charge on any atom is -0.457 e. The van der Waals surface area contributed by atoms with Crippen LogP contribution in [0.15, 0.2) is 159 Å². The average molecular weight is 1090 g/mol. The van der Waals surface area contributed by atoms with Gasteiger partial charge in [0.1, 0.15) is 18.6 Å². The van der Waals surface area contributed by atoms with Crippen molar-refractivity contribution in [1.82, 2.24) is 4.98 Å². The molecule has 10 nitrogen and oxygen atoms in total. The average Bonchev–Trinajstić information content (AvgIpc) is 4.23. The number of hydrogen-bond donors (Lipinski definition) is 2. The highest BCUT2D eigenvalue weighted by Crippen LogP contribution is 2.32. The molecule has 0 bridgehead atoms. The minimum atomic E-state index is -0.439. The van der Waals surface area contributed by atoms with Crippen molar-refractivity contribution < 1.29 is 38.2 Å². The summed E-state index contributed by atoms with van der Waals surface area (Å²) in [5, 5.41) is 24.3. The Morgan fingerprint density at radius 1 is 0.557 bits per heavy atom. The van der Waals surface area contributed by atoms with Gasteiger partial charge < -0.3 is 20.0 Å². The number of alkyl halides is 1. The van der Waals surface area contributed by atoms with Crippen LogP contribution in [0, 0.1) is 0 Å². The van der Waals surface area contributed by atoms with Crippen LogP contribution in [0.25, 0.3) is 61.7 Å². The first-order valence-corrected chi connectivity index (χ1v) is 26.4. The first kappa shape index (κ1) is 52.9. The van der Waals surface area contributed by atoms with Crippen molar-refractivity contribution in [3.63, 3.8) is 0 Å². The first-order chi connectivity index (χ1) is 33.5. The summed E-state index contributed by atoms with van der Waals surface area (Å²) in [4.78, 5) is 60.5. The van der Waals surface area contributed by atoms with Crippen LogP contribution < -0.4 is 5.73 Å². The summed E-state index contributed by atoms with van der Waals surface area (Å²) in [5.74, 6) is -0.544. The molecule has 11 aromatic rings. The van der Waals surface area contributed by atoms with Gasteiger partial charge in [-0.3, -0.25) is 24.0 Å². The molecule has 11 rings (SSSR count). The number of nitrogens with zero attached hydrogens (tertiary/aromatic N) is 1. The smallest absolute Gasteiger partial charge is 0.303 e. The van der Waals surface area contributed by atoms with Gasteiger partial charge in [-0.25, -0.2) is 0 Å². The molecule has 0 fully saturated rings. The van der Waals surface area contributed by atoms with Crippen molar-refractivity contribution in [2.75, 3.05) is 24.3 Å². The quantitative estimate of drug-likeness (QED) is 0.0807. The van der Waals surface area contributed by atoms with E-state index in [9.17, 15) is 24.0 Å². The van der Waals surface area contributed by atoms with Gasteiger partial charge in [0, 0.05) is 85.2 Å². The molecular weight excluding hydrogens is 1040 g/mol. The number of aliphatic hydroxyl groups excluding tert-OH is 1. The molecule has 5 aromatic carbocycles. The van der Waals surface area contributed by atoms with Gasteiger partial charge in [0.2, 0.25) is 5.78 Å². The summed E-state index contributed by atoms with van der Waals surface area (Å²) in [6.45, 7) is 2.28. The molecule has 6 aromatic heterocycles. The number of thiophene rings is 5. The van der Waals surface area contributed by atoms with Crippen molar-refractivity contribution in [2.24, 2.45) is 0 Å². The van der Waals surface area contributed by atoms with Crippen LogP contribution in [0.4, 0.5) is 6.01 Å². The molecule has 0 aliphatic carbocycles. The summed E-state index contributed by atoms with van der Waals surface area (Å²) in [7, 11) is 0. The molecule has 0 spiro atoms. The van der Waals surface area contributed by atoms with E-state index in [-0.39, 0.29) is 43.2 Å². The lowest BCUT2D eigenvalue weighted by atomic mass is 10.1. The normalized spacial score (nSPS) is 10.4. The summed E-state index contributed by atoms with van der Waals surface area (Å²) in [5.41, 5.74) is 10.2. The SMILES string of the molecule is C.CC(=O)OCC(=O)c1cccc2sccc12.CC(=O)c1cccc2sccc12.Nc1nc(-c2cccc3sccc23)co1.O=C(CBr)c1cccc2sccc12.O=C(CO)c1cccc2sccc12. The Morgan fingerprint density at radius 2 is 0.943 bits per heavy atom. The van der Waals surface area contributed by atoms with Crippen molar-refractivity contribution >= 4 is 158 Å². The lowest BCUT2D eigenvalue weighted by Crippen LogP contribution is -2.11. The Bertz CT molecular complexity index is 3470. The van der Waals surface area contributed by atoms with Crippen molar-refractivity contribution in [2.45, 2.75) is 21.3 Å². The second kappa shape index (κ2) is 25.4. The summed E-state index contributed by atoms with van der Waals surface area (Å²) >= 11 is 11.4. The molecule has 0 amide bonds. The van der Waals surface area contributed by atoms with Crippen LogP contribution in [0.5, 0.6) is 0 Å². The molecule has 0 atom stereocenters. The summed E-state index contributed by atoms with van der Waals surface area (Å²) in [6.07, 6.45) is 1.59. The Kier molecular flexibility index (Phi) is 19.2. The molecule has 0 unspecified atom stereocenters. The molecule has 0 aliphatic rings. The maximum Gasteiger partial charge on any atom is 0.303 e. The summed E-state index contributed by atoms with van der Waals surface area (Å²) < 4.78 is 15.5. The van der Waals surface area contributed by atoms with Gasteiger partial charge in [-0.1, -0.05) is 84.0 Å². The first-order valence-electron chi connectivity index (χ1n) is 20.9. The number of fused-ring (bicyclic) bond motifs is 5. The second-order valence-electron chi connectivity index (χ2n) is 14.7. The van der Waals surface area contributed by atoms with Crippen molar-refractivity contribution in [3.8, 4) is 11.3 Å². The Morgan fingerprint density at radius 3 is 1.34 bits per heavy atom. The zero-order chi connectivity index (χ0) is 48.9. The van der Waals surface area contributed by atoms with Crippen molar-refractivity contribution in [1.29, 1.82) is 0 Å². The number of halogens is 1. The number of ether oxygens (including phenoxy) is 1. The van der Waals surface area contributed by atoms with Gasteiger partial charge in [0.25, 0.3) is 6.01 Å². The number of aliphatic hydroxyl groups is 1. The zero-order valence-corrected chi connectivity index (χ0v) is 42.5. The Labute approximate surface area is 431 Å². The molecule has 0 saturated heterocycles. The van der Waals surface area contributed by atoms with E-state index in [1.54, 1.807) is 82.0 Å². The predicted octanol–water partition coefficient (Wildman–Crippen LogP) is 15.1. The number of ketones is 4. The maximum absolute atomic E-state index is 11.8. The van der Waals surface area contributed by atoms with E-state index in [1.807, 2.05) is 119 Å². The van der Waals surface area contributed by atoms with Crippen LogP contribution >= 0.6 is 72.6 Å². The number of nitrogen functional groups attached to an aromatic ring is 1. The fraction of sp³-hybridized carbons (Fsp3) is 0.111. The highest BCUT2D eigenvalue weighted by atomic mass is 79.9. The number of nitrogens with two attached hydrogens (primary N) is 1. The highest BCUT2D eigenvalue weighted by Gasteiger charge is 2.13. The van der Waals surface area contributed by atoms with Crippen LogP contribution in [-0.4, -0.2) is 57.7 Å². The number of esters is 1. The molecule has 70 heavy (non-hydrogen) atoms. The van der Waals surface area contributed by atoms with Gasteiger partial charge in [0.15, 0.2) is 24.0 Å². The lowest BCUT2D eigenvalue weighted by molar-refractivity contribution is -0.139. The molecule has 0 saturated carbocycles. The van der Waals surface area contributed by atoms with E-state index in [0.717, 1.165) is 53.3 Å². The van der Waals surface area contributed by atoms with E-state index < -0.39 is 12.6 Å². The van der Waals surface area contributed by atoms with Crippen LogP contribution in [0.2, 0.25) is 0 Å². The standard InChI is InChI=1S/C12H10O3S.C11H8N2OS.C10H7BrOS.C10H8O2S.C10H8OS.CH4/c1-8(13)15-7-11(14)9-3-2-4-12-10(9)5-6-16-12;12-11-13-9(6-14-11)7-2-1-3-10-8(7)4-5-15-10;2*11-6-9(12)7-2-1-3-10-8(7)4-5-13-10;1-7(11)8-3-2-4-10-9(8)5-6-12-10;/h2-6H,7H2,1H3;1-6H,(H2,12,13);1-5H,6H2;1-5,11H,6H2;2-6H,1H3;1H4. The molecule has 3 N–H and O–H groups in total. The Balaban J connectivity index is 0.000000143. The Hall–Kier alpha value is -6.50. The molecule has 6 heterocycles. The van der Waals surface area contributed by atoms with E-state index in [0.29, 0.717) is 16.5 Å². The van der Waals surface area contributed by atoms with E-state index >= 15 is 0 Å². The third-order valence-electron chi connectivity index (χ3n) is 10.2. The number of hydrogen-bond acceptors (Lipinski definition) is 15. The molecule has 16 heteroatoms. The molecule has 356 valence electrons. The molecule has 0 aliphatic heterocycles. The number of benzene rings is 5. The number of oxazole rings is 1. The van der Waals surface area contributed by atoms with Gasteiger partial charge in [-0.05, 0) is 94.5 Å². The monoisotopic (exact) mass is 1090 g/mol. The minimum absolute atomic E-state index is 0. The number of carbonyl (C=O) groups excluding carboxylic acids is 5.